The molecule has 1 rings (SSSR count). The summed E-state index contributed by atoms with van der Waals surface area (Å²) < 4.78 is 14.3. The number of esters is 2. The van der Waals surface area contributed by atoms with Crippen LogP contribution in [-0.2, 0) is 23.8 Å². The van der Waals surface area contributed by atoms with Gasteiger partial charge < -0.3 is 19.5 Å². The van der Waals surface area contributed by atoms with Gasteiger partial charge in [0, 0.05) is 18.7 Å². The molecule has 7 heteroatoms. The van der Waals surface area contributed by atoms with Crippen LogP contribution in [0.4, 0.5) is 4.79 Å². The second-order valence-corrected chi connectivity index (χ2v) is 5.59. The van der Waals surface area contributed by atoms with E-state index >= 15 is 0 Å². The Morgan fingerprint density at radius 3 is 2.43 bits per heavy atom. The predicted octanol–water partition coefficient (Wildman–Crippen LogP) is 1.95. The van der Waals surface area contributed by atoms with Gasteiger partial charge in [0.1, 0.15) is 12.7 Å². The minimum atomic E-state index is -0.700. The number of ether oxygens (including phenoxy) is 3. The maximum Gasteiger partial charge on any atom is 0.407 e. The van der Waals surface area contributed by atoms with Gasteiger partial charge in [-0.15, -0.1) is 0 Å². The molecule has 1 saturated carbocycles. The Kier molecular flexibility index (Phi) is 8.79. The first-order chi connectivity index (χ1) is 11.0. The van der Waals surface area contributed by atoms with E-state index in [-0.39, 0.29) is 6.61 Å². The Morgan fingerprint density at radius 2 is 1.78 bits per heavy atom. The molecule has 0 radical (unpaired) electrons. The minimum absolute atomic E-state index is 0.0821. The van der Waals surface area contributed by atoms with Crippen molar-refractivity contribution in [2.45, 2.75) is 45.1 Å². The van der Waals surface area contributed by atoms with Gasteiger partial charge in [-0.2, -0.15) is 0 Å². The molecule has 0 aromatic heterocycles. The number of carbonyl (C=O) groups is 3. The molecule has 1 atom stereocenters. The van der Waals surface area contributed by atoms with Gasteiger partial charge in [0.2, 0.25) is 0 Å². The Bertz CT molecular complexity index is 428. The van der Waals surface area contributed by atoms with E-state index in [0.29, 0.717) is 12.5 Å². The van der Waals surface area contributed by atoms with E-state index in [9.17, 15) is 14.4 Å². The molecule has 130 valence electrons. The highest BCUT2D eigenvalue weighted by Crippen LogP contribution is 2.22. The van der Waals surface area contributed by atoms with Crippen molar-refractivity contribution in [1.82, 2.24) is 5.32 Å². The lowest BCUT2D eigenvalue weighted by atomic mass is 9.89. The molecule has 1 fully saturated rings. The number of methoxy groups -OCH3 is 1. The van der Waals surface area contributed by atoms with Crippen molar-refractivity contribution in [1.29, 1.82) is 0 Å². The molecule has 0 heterocycles. The van der Waals surface area contributed by atoms with Crippen molar-refractivity contribution in [2.75, 3.05) is 20.3 Å². The van der Waals surface area contributed by atoms with Crippen molar-refractivity contribution in [2.24, 2.45) is 5.92 Å². The molecule has 1 N–H and O–H groups in total. The smallest absolute Gasteiger partial charge is 0.407 e. The minimum Gasteiger partial charge on any atom is -0.466 e. The first-order valence-corrected chi connectivity index (χ1v) is 7.88. The molecule has 0 aromatic carbocycles. The van der Waals surface area contributed by atoms with Gasteiger partial charge in [0.15, 0.2) is 0 Å². The Morgan fingerprint density at radius 1 is 1.13 bits per heavy atom. The van der Waals surface area contributed by atoms with Crippen molar-refractivity contribution in [3.8, 4) is 0 Å². The molecule has 0 bridgehead atoms. The molecule has 23 heavy (non-hydrogen) atoms. The van der Waals surface area contributed by atoms with Crippen LogP contribution in [0.25, 0.3) is 0 Å². The first kappa shape index (κ1) is 19.0. The first-order valence-electron chi connectivity index (χ1n) is 7.88. The summed E-state index contributed by atoms with van der Waals surface area (Å²) in [4.78, 5) is 33.8. The highest BCUT2D eigenvalue weighted by molar-refractivity contribution is 5.91. The summed E-state index contributed by atoms with van der Waals surface area (Å²) in [6.07, 6.45) is 6.82. The van der Waals surface area contributed by atoms with Crippen LogP contribution in [0.15, 0.2) is 12.2 Å². The normalized spacial score (nSPS) is 16.6. The van der Waals surface area contributed by atoms with E-state index in [1.165, 1.54) is 26.4 Å². The quantitative estimate of drug-likeness (QED) is 0.437. The summed E-state index contributed by atoms with van der Waals surface area (Å²) >= 11 is 0. The number of amides is 1. The second-order valence-electron chi connectivity index (χ2n) is 5.59. The lowest BCUT2D eigenvalue weighted by Crippen LogP contribution is -2.34. The summed E-state index contributed by atoms with van der Waals surface area (Å²) in [6.45, 7) is 2.16. The van der Waals surface area contributed by atoms with Gasteiger partial charge in [-0.3, -0.25) is 0 Å². The largest absolute Gasteiger partial charge is 0.466 e. The molecule has 0 aromatic rings. The average Bonchev–Trinajstić information content (AvgIpc) is 2.56. The number of hydrogen-bond donors (Lipinski definition) is 1. The number of nitrogens with one attached hydrogen (secondary N) is 1. The van der Waals surface area contributed by atoms with Crippen LogP contribution in [0.1, 0.15) is 39.0 Å². The maximum atomic E-state index is 11.6. The van der Waals surface area contributed by atoms with Gasteiger partial charge >= 0.3 is 18.0 Å². The summed E-state index contributed by atoms with van der Waals surface area (Å²) in [5, 5.41) is 2.74. The van der Waals surface area contributed by atoms with E-state index in [1.54, 1.807) is 6.92 Å². The highest BCUT2D eigenvalue weighted by atomic mass is 16.6. The van der Waals surface area contributed by atoms with Gasteiger partial charge in [0.05, 0.1) is 7.11 Å². The third-order valence-corrected chi connectivity index (χ3v) is 3.59. The van der Waals surface area contributed by atoms with Crippen LogP contribution in [0.3, 0.4) is 0 Å². The van der Waals surface area contributed by atoms with Crippen LogP contribution < -0.4 is 5.32 Å². The summed E-state index contributed by atoms with van der Waals surface area (Å²) in [7, 11) is 1.21. The van der Waals surface area contributed by atoms with Gasteiger partial charge in [-0.1, -0.05) is 19.3 Å². The summed E-state index contributed by atoms with van der Waals surface area (Å²) in [6, 6.07) is 0. The molecule has 1 aliphatic rings. The maximum absolute atomic E-state index is 11.6. The summed E-state index contributed by atoms with van der Waals surface area (Å²) in [5.41, 5.74) is 0. The number of hydrogen-bond acceptors (Lipinski definition) is 6. The van der Waals surface area contributed by atoms with Crippen molar-refractivity contribution < 1.29 is 28.6 Å². The number of carbonyl (C=O) groups excluding carboxylic acids is 3. The van der Waals surface area contributed by atoms with E-state index < -0.39 is 24.1 Å². The topological polar surface area (TPSA) is 90.9 Å². The zero-order valence-electron chi connectivity index (χ0n) is 13.7. The van der Waals surface area contributed by atoms with E-state index in [4.69, 9.17) is 9.47 Å². The fourth-order valence-corrected chi connectivity index (χ4v) is 2.33. The molecular formula is C16H25NO6. The van der Waals surface area contributed by atoms with E-state index in [2.05, 4.69) is 10.1 Å². The van der Waals surface area contributed by atoms with Gasteiger partial charge in [0.25, 0.3) is 0 Å². The standard InChI is InChI=1S/C16H25NO6/c1-12(11-22-15(19)9-8-14(18)21-2)23-16(20)17-10-13-6-4-3-5-7-13/h8-9,12-13H,3-7,10-11H2,1-2H3,(H,17,20)/b9-8+/t12-/m1/s1. The summed E-state index contributed by atoms with van der Waals surface area (Å²) in [5.74, 6) is -0.824. The van der Waals surface area contributed by atoms with Crippen LogP contribution >= 0.6 is 0 Å². The Labute approximate surface area is 136 Å². The molecule has 0 aliphatic heterocycles. The molecule has 0 unspecified atom stereocenters. The Balaban J connectivity index is 2.15. The molecular weight excluding hydrogens is 302 g/mol. The van der Waals surface area contributed by atoms with Crippen molar-refractivity contribution in [3.05, 3.63) is 12.2 Å². The second kappa shape index (κ2) is 10.6. The number of rotatable bonds is 7. The van der Waals surface area contributed by atoms with Gasteiger partial charge in [-0.05, 0) is 25.7 Å². The molecule has 7 nitrogen and oxygen atoms in total. The fraction of sp³-hybridized carbons (Fsp3) is 0.688. The van der Waals surface area contributed by atoms with Crippen LogP contribution in [0.2, 0.25) is 0 Å². The highest BCUT2D eigenvalue weighted by Gasteiger charge is 2.16. The molecule has 1 amide bonds. The fourth-order valence-electron chi connectivity index (χ4n) is 2.33. The van der Waals surface area contributed by atoms with Crippen molar-refractivity contribution >= 4 is 18.0 Å². The molecule has 0 saturated heterocycles. The van der Waals surface area contributed by atoms with Crippen LogP contribution in [0, 0.1) is 5.92 Å². The third-order valence-electron chi connectivity index (χ3n) is 3.59. The predicted molar refractivity (Wildman–Crippen MR) is 82.6 cm³/mol. The van der Waals surface area contributed by atoms with Gasteiger partial charge in [-0.25, -0.2) is 14.4 Å². The molecule has 0 spiro atoms. The zero-order valence-corrected chi connectivity index (χ0v) is 13.7. The SMILES string of the molecule is COC(=O)/C=C/C(=O)OC[C@@H](C)OC(=O)NCC1CCCCC1. The van der Waals surface area contributed by atoms with E-state index in [0.717, 1.165) is 25.0 Å². The lowest BCUT2D eigenvalue weighted by Gasteiger charge is -2.22. The lowest BCUT2D eigenvalue weighted by molar-refractivity contribution is -0.141. The molecule has 1 aliphatic carbocycles. The zero-order chi connectivity index (χ0) is 17.1. The van der Waals surface area contributed by atoms with E-state index in [1.807, 2.05) is 0 Å². The van der Waals surface area contributed by atoms with Crippen molar-refractivity contribution in [3.63, 3.8) is 0 Å². The monoisotopic (exact) mass is 327 g/mol. The third kappa shape index (κ3) is 8.85. The van der Waals surface area contributed by atoms with Crippen LogP contribution in [-0.4, -0.2) is 44.4 Å². The van der Waals surface area contributed by atoms with Crippen LogP contribution in [0.5, 0.6) is 0 Å². The Hall–Kier alpha value is -2.05. The number of alkyl carbamates (subject to hydrolysis) is 1. The average molecular weight is 327 g/mol.